The first-order chi connectivity index (χ1) is 7.87. The third kappa shape index (κ3) is 2.69. The molecular weight excluding hydrogens is 220 g/mol. The van der Waals surface area contributed by atoms with Gasteiger partial charge in [0.1, 0.15) is 0 Å². The maximum Gasteiger partial charge on any atom is 0.317 e. The fourth-order valence-corrected chi connectivity index (χ4v) is 2.33. The molecule has 0 spiro atoms. The molecule has 3 amide bonds. The van der Waals surface area contributed by atoms with Crippen LogP contribution in [0.1, 0.15) is 20.3 Å². The van der Waals surface area contributed by atoms with E-state index in [1.807, 2.05) is 18.7 Å². The number of carbonyl (C=O) groups is 2. The zero-order valence-electron chi connectivity index (χ0n) is 10.4. The number of amides is 3. The number of piperazine rings is 1. The number of carbonyl (C=O) groups excluding carboxylic acids is 2. The number of rotatable bonds is 2. The van der Waals surface area contributed by atoms with E-state index >= 15 is 0 Å². The van der Waals surface area contributed by atoms with E-state index in [-0.39, 0.29) is 18.0 Å². The van der Waals surface area contributed by atoms with Crippen LogP contribution in [-0.4, -0.2) is 59.5 Å². The maximum absolute atomic E-state index is 12.0. The first-order valence-electron chi connectivity index (χ1n) is 5.98. The van der Waals surface area contributed by atoms with Gasteiger partial charge in [-0.05, 0) is 13.8 Å². The van der Waals surface area contributed by atoms with E-state index in [9.17, 15) is 9.59 Å². The van der Waals surface area contributed by atoms with Crippen LogP contribution in [0.2, 0.25) is 0 Å². The Labute approximate surface area is 101 Å². The summed E-state index contributed by atoms with van der Waals surface area (Å²) < 4.78 is 0. The lowest BCUT2D eigenvalue weighted by molar-refractivity contribution is -0.134. The van der Waals surface area contributed by atoms with Crippen molar-refractivity contribution >= 4 is 11.9 Å². The van der Waals surface area contributed by atoms with Crippen LogP contribution in [0.3, 0.4) is 0 Å². The largest absolute Gasteiger partial charge is 0.339 e. The molecule has 2 rings (SSSR count). The number of hydrogen-bond acceptors (Lipinski definition) is 3. The van der Waals surface area contributed by atoms with Gasteiger partial charge in [0.05, 0.1) is 6.04 Å². The number of urea groups is 1. The van der Waals surface area contributed by atoms with Crippen LogP contribution >= 0.6 is 0 Å². The Morgan fingerprint density at radius 1 is 1.53 bits per heavy atom. The van der Waals surface area contributed by atoms with Gasteiger partial charge >= 0.3 is 6.03 Å². The molecule has 0 radical (unpaired) electrons. The van der Waals surface area contributed by atoms with Gasteiger partial charge in [-0.3, -0.25) is 4.79 Å². The summed E-state index contributed by atoms with van der Waals surface area (Å²) in [6.45, 7) is 6.18. The molecule has 0 aromatic carbocycles. The summed E-state index contributed by atoms with van der Waals surface area (Å²) in [5.74, 6) is 0.0801. The normalized spacial score (nSPS) is 24.6. The highest BCUT2D eigenvalue weighted by atomic mass is 16.2. The van der Waals surface area contributed by atoms with E-state index in [4.69, 9.17) is 5.73 Å². The lowest BCUT2D eigenvalue weighted by Gasteiger charge is -2.37. The molecule has 0 aromatic heterocycles. The van der Waals surface area contributed by atoms with Gasteiger partial charge in [0.25, 0.3) is 0 Å². The number of nitrogens with one attached hydrogen (secondary N) is 1. The molecular formula is C11H20N4O2. The van der Waals surface area contributed by atoms with Crippen molar-refractivity contribution in [2.75, 3.05) is 26.2 Å². The predicted octanol–water partition coefficient (Wildman–Crippen LogP) is -0.650. The molecule has 0 bridgehead atoms. The van der Waals surface area contributed by atoms with Crippen LogP contribution < -0.4 is 11.1 Å². The van der Waals surface area contributed by atoms with Gasteiger partial charge in [-0.25, -0.2) is 4.79 Å². The maximum atomic E-state index is 12.0. The van der Waals surface area contributed by atoms with E-state index in [0.29, 0.717) is 32.6 Å². The van der Waals surface area contributed by atoms with Crippen molar-refractivity contribution in [1.29, 1.82) is 0 Å². The van der Waals surface area contributed by atoms with Gasteiger partial charge in [0.15, 0.2) is 0 Å². The average molecular weight is 240 g/mol. The van der Waals surface area contributed by atoms with E-state index in [1.165, 1.54) is 0 Å². The van der Waals surface area contributed by atoms with Crippen molar-refractivity contribution in [3.05, 3.63) is 0 Å². The standard InChI is InChI=1S/C11H20N4O2/c1-11(2,12)5-9(16)14-3-4-15-8(7-14)6-13-10(15)17/h8H,3-7,12H2,1-2H3,(H,13,17). The molecule has 3 N–H and O–H groups in total. The Hall–Kier alpha value is -1.30. The molecule has 1 atom stereocenters. The minimum Gasteiger partial charge on any atom is -0.339 e. The number of hydrogen-bond donors (Lipinski definition) is 2. The summed E-state index contributed by atoms with van der Waals surface area (Å²) in [5, 5.41) is 2.79. The molecule has 1 unspecified atom stereocenters. The topological polar surface area (TPSA) is 78.7 Å². The molecule has 2 aliphatic heterocycles. The predicted molar refractivity (Wildman–Crippen MR) is 63.4 cm³/mol. The van der Waals surface area contributed by atoms with Gasteiger partial charge in [0, 0.05) is 38.1 Å². The summed E-state index contributed by atoms with van der Waals surface area (Å²) in [4.78, 5) is 27.0. The molecule has 2 fully saturated rings. The number of nitrogens with zero attached hydrogens (tertiary/aromatic N) is 2. The SMILES string of the molecule is CC(C)(N)CC(=O)N1CCN2C(=O)NCC2C1. The smallest absolute Gasteiger partial charge is 0.317 e. The van der Waals surface area contributed by atoms with Crippen LogP contribution in [0, 0.1) is 0 Å². The fourth-order valence-electron chi connectivity index (χ4n) is 2.33. The second-order valence-corrected chi connectivity index (χ2v) is 5.54. The molecule has 6 heteroatoms. The lowest BCUT2D eigenvalue weighted by Crippen LogP contribution is -2.55. The van der Waals surface area contributed by atoms with Gasteiger partial charge in [-0.15, -0.1) is 0 Å². The first kappa shape index (κ1) is 12.2. The fraction of sp³-hybridized carbons (Fsp3) is 0.818. The second kappa shape index (κ2) is 4.18. The summed E-state index contributed by atoms with van der Waals surface area (Å²) >= 11 is 0. The Morgan fingerprint density at radius 2 is 2.24 bits per heavy atom. The van der Waals surface area contributed by atoms with Crippen LogP contribution in [0.15, 0.2) is 0 Å². The molecule has 2 aliphatic rings. The van der Waals surface area contributed by atoms with Crippen molar-refractivity contribution in [3.8, 4) is 0 Å². The quantitative estimate of drug-likeness (QED) is 0.673. The molecule has 0 aromatic rings. The molecule has 96 valence electrons. The summed E-state index contributed by atoms with van der Waals surface area (Å²) in [6.07, 6.45) is 0.348. The van der Waals surface area contributed by atoms with Crippen molar-refractivity contribution in [3.63, 3.8) is 0 Å². The van der Waals surface area contributed by atoms with Crippen molar-refractivity contribution < 1.29 is 9.59 Å². The Balaban J connectivity index is 1.93. The Morgan fingerprint density at radius 3 is 2.88 bits per heavy atom. The molecule has 0 aliphatic carbocycles. The molecule has 6 nitrogen and oxygen atoms in total. The minimum atomic E-state index is -0.474. The van der Waals surface area contributed by atoms with E-state index in [2.05, 4.69) is 5.32 Å². The van der Waals surface area contributed by atoms with E-state index in [1.54, 1.807) is 4.90 Å². The first-order valence-corrected chi connectivity index (χ1v) is 5.98. The molecule has 17 heavy (non-hydrogen) atoms. The second-order valence-electron chi connectivity index (χ2n) is 5.54. The summed E-state index contributed by atoms with van der Waals surface area (Å²) in [6, 6.07) is 0.113. The lowest BCUT2D eigenvalue weighted by atomic mass is 10.0. The third-order valence-corrected chi connectivity index (χ3v) is 3.19. The number of fused-ring (bicyclic) bond motifs is 1. The van der Waals surface area contributed by atoms with Crippen LogP contribution in [-0.2, 0) is 4.79 Å². The molecule has 0 saturated carbocycles. The highest BCUT2D eigenvalue weighted by Gasteiger charge is 2.37. The molecule has 2 saturated heterocycles. The van der Waals surface area contributed by atoms with E-state index in [0.717, 1.165) is 0 Å². The van der Waals surface area contributed by atoms with Crippen LogP contribution in [0.4, 0.5) is 4.79 Å². The highest BCUT2D eigenvalue weighted by Crippen LogP contribution is 2.16. The minimum absolute atomic E-state index is 0.0127. The van der Waals surface area contributed by atoms with E-state index < -0.39 is 5.54 Å². The monoisotopic (exact) mass is 240 g/mol. The van der Waals surface area contributed by atoms with Gasteiger partial charge < -0.3 is 20.9 Å². The van der Waals surface area contributed by atoms with Gasteiger partial charge in [-0.1, -0.05) is 0 Å². The van der Waals surface area contributed by atoms with Crippen molar-refractivity contribution in [2.45, 2.75) is 31.8 Å². The van der Waals surface area contributed by atoms with Crippen molar-refractivity contribution in [1.82, 2.24) is 15.1 Å². The number of nitrogens with two attached hydrogens (primary N) is 1. The zero-order valence-corrected chi connectivity index (χ0v) is 10.4. The molecule has 2 heterocycles. The van der Waals surface area contributed by atoms with Gasteiger partial charge in [-0.2, -0.15) is 0 Å². The highest BCUT2D eigenvalue weighted by molar-refractivity contribution is 5.80. The Kier molecular flexibility index (Phi) is 2.99. The van der Waals surface area contributed by atoms with Crippen molar-refractivity contribution in [2.24, 2.45) is 5.73 Å². The average Bonchev–Trinajstić information content (AvgIpc) is 2.57. The summed E-state index contributed by atoms with van der Waals surface area (Å²) in [7, 11) is 0. The third-order valence-electron chi connectivity index (χ3n) is 3.19. The Bertz CT molecular complexity index is 337. The van der Waals surface area contributed by atoms with Gasteiger partial charge in [0.2, 0.25) is 5.91 Å². The summed E-state index contributed by atoms with van der Waals surface area (Å²) in [5.41, 5.74) is 5.37. The zero-order chi connectivity index (χ0) is 12.6. The van der Waals surface area contributed by atoms with Crippen LogP contribution in [0.5, 0.6) is 0 Å². The van der Waals surface area contributed by atoms with Crippen LogP contribution in [0.25, 0.3) is 0 Å².